The molecule has 1 amide bonds. The first kappa shape index (κ1) is 23.3. The molecule has 1 saturated heterocycles. The van der Waals surface area contributed by atoms with E-state index in [9.17, 15) is 9.18 Å². The molecule has 2 N–H and O–H groups in total. The van der Waals surface area contributed by atoms with Crippen LogP contribution in [0.4, 0.5) is 15.0 Å². The predicted octanol–water partition coefficient (Wildman–Crippen LogP) is 4.89. The number of nitrogens with two attached hydrogens (primary N) is 1. The minimum atomic E-state index is -0.495. The third-order valence-electron chi connectivity index (χ3n) is 6.42. The normalized spacial score (nSPS) is 21.4. The van der Waals surface area contributed by atoms with Crippen LogP contribution in [-0.2, 0) is 4.74 Å². The zero-order valence-electron chi connectivity index (χ0n) is 19.6. The van der Waals surface area contributed by atoms with Gasteiger partial charge in [-0.2, -0.15) is 0 Å². The number of nitrogen functional groups attached to an aromatic ring is 1. The van der Waals surface area contributed by atoms with Crippen molar-refractivity contribution in [3.63, 3.8) is 0 Å². The van der Waals surface area contributed by atoms with Crippen LogP contribution in [0.25, 0.3) is 0 Å². The first-order chi connectivity index (χ1) is 15.7. The molecule has 33 heavy (non-hydrogen) atoms. The number of carbonyl (C=O) groups is 1. The number of aromatic nitrogens is 2. The minimum Gasteiger partial charge on any atom is -0.490 e. The van der Waals surface area contributed by atoms with E-state index in [1.807, 2.05) is 26.8 Å². The van der Waals surface area contributed by atoms with E-state index in [2.05, 4.69) is 9.97 Å². The summed E-state index contributed by atoms with van der Waals surface area (Å²) >= 11 is 0. The van der Waals surface area contributed by atoms with Gasteiger partial charge in [-0.15, -0.1) is 0 Å². The van der Waals surface area contributed by atoms with Crippen molar-refractivity contribution in [3.05, 3.63) is 47.7 Å². The van der Waals surface area contributed by atoms with Gasteiger partial charge in [-0.3, -0.25) is 4.98 Å². The third-order valence-corrected chi connectivity index (χ3v) is 6.42. The molecule has 0 radical (unpaired) electrons. The van der Waals surface area contributed by atoms with Gasteiger partial charge in [-0.1, -0.05) is 6.07 Å². The molecule has 1 aliphatic heterocycles. The topological polar surface area (TPSA) is 90.6 Å². The van der Waals surface area contributed by atoms with Crippen molar-refractivity contribution < 1.29 is 18.7 Å². The quantitative estimate of drug-likeness (QED) is 0.689. The fourth-order valence-electron chi connectivity index (χ4n) is 4.39. The van der Waals surface area contributed by atoms with E-state index in [-0.39, 0.29) is 23.6 Å². The number of anilines is 1. The Morgan fingerprint density at radius 3 is 2.48 bits per heavy atom. The molecule has 0 bridgehead atoms. The molecule has 1 aromatic carbocycles. The minimum absolute atomic E-state index is 0.273. The highest BCUT2D eigenvalue weighted by Crippen LogP contribution is 2.47. The van der Waals surface area contributed by atoms with Gasteiger partial charge in [-0.25, -0.2) is 14.2 Å². The van der Waals surface area contributed by atoms with Crippen LogP contribution < -0.4 is 10.5 Å². The Labute approximate surface area is 194 Å². The lowest BCUT2D eigenvalue weighted by molar-refractivity contribution is 0.0164. The molecule has 2 heterocycles. The van der Waals surface area contributed by atoms with Crippen molar-refractivity contribution in [2.45, 2.75) is 63.9 Å². The van der Waals surface area contributed by atoms with Crippen LogP contribution in [0.15, 0.2) is 30.6 Å². The van der Waals surface area contributed by atoms with E-state index < -0.39 is 5.60 Å². The van der Waals surface area contributed by atoms with E-state index in [1.165, 1.54) is 0 Å². The first-order valence-electron chi connectivity index (χ1n) is 11.7. The van der Waals surface area contributed by atoms with E-state index in [0.29, 0.717) is 37.4 Å². The van der Waals surface area contributed by atoms with Crippen LogP contribution in [-0.4, -0.2) is 46.3 Å². The molecule has 2 aromatic rings. The number of carbonyl (C=O) groups excluding carboxylic acids is 1. The summed E-state index contributed by atoms with van der Waals surface area (Å²) in [6.07, 6.45) is 6.52. The molecule has 2 fully saturated rings. The summed E-state index contributed by atoms with van der Waals surface area (Å²) in [7, 11) is 0. The number of rotatable bonds is 5. The van der Waals surface area contributed by atoms with Gasteiger partial charge >= 0.3 is 6.09 Å². The molecule has 178 valence electrons. The van der Waals surface area contributed by atoms with E-state index in [0.717, 1.165) is 36.9 Å². The highest BCUT2D eigenvalue weighted by Gasteiger charge is 2.33. The van der Waals surface area contributed by atoms with E-state index in [1.54, 1.807) is 29.4 Å². The second-order valence-electron chi connectivity index (χ2n) is 10.1. The average molecular weight is 457 g/mol. The number of piperidine rings is 1. The van der Waals surface area contributed by atoms with Crippen LogP contribution in [0.5, 0.6) is 5.75 Å². The monoisotopic (exact) mass is 456 g/mol. The molecule has 1 aliphatic carbocycles. The van der Waals surface area contributed by atoms with Crippen LogP contribution >= 0.6 is 0 Å². The number of nitrogens with zero attached hydrogens (tertiary/aromatic N) is 3. The van der Waals surface area contributed by atoms with Crippen LogP contribution in [0.3, 0.4) is 0 Å². The number of hydrogen-bond donors (Lipinski definition) is 1. The fraction of sp³-hybridized carbons (Fsp3) is 0.560. The summed E-state index contributed by atoms with van der Waals surface area (Å²) in [4.78, 5) is 22.4. The molecule has 4 rings (SSSR count). The second kappa shape index (κ2) is 9.53. The number of hydrogen-bond acceptors (Lipinski definition) is 6. The Morgan fingerprint density at radius 2 is 1.88 bits per heavy atom. The van der Waals surface area contributed by atoms with Gasteiger partial charge in [0.2, 0.25) is 0 Å². The van der Waals surface area contributed by atoms with Crippen molar-refractivity contribution in [2.24, 2.45) is 5.92 Å². The fourth-order valence-corrected chi connectivity index (χ4v) is 4.39. The Morgan fingerprint density at radius 1 is 1.15 bits per heavy atom. The summed E-state index contributed by atoms with van der Waals surface area (Å²) in [5.41, 5.74) is 7.04. The molecule has 1 aromatic heterocycles. The Bertz CT molecular complexity index is 963. The highest BCUT2D eigenvalue weighted by molar-refractivity contribution is 5.68. The summed E-state index contributed by atoms with van der Waals surface area (Å²) in [5.74, 6) is 1.32. The molecular formula is C25H33FN4O3. The van der Waals surface area contributed by atoms with Crippen LogP contribution in [0.1, 0.15) is 69.5 Å². The number of ether oxygens (including phenoxy) is 2. The molecule has 1 saturated carbocycles. The van der Waals surface area contributed by atoms with Crippen LogP contribution in [0.2, 0.25) is 0 Å². The lowest BCUT2D eigenvalue weighted by Gasteiger charge is -2.35. The van der Waals surface area contributed by atoms with Crippen molar-refractivity contribution in [2.75, 3.05) is 25.4 Å². The van der Waals surface area contributed by atoms with Gasteiger partial charge in [0.25, 0.3) is 0 Å². The standard InChI is InChI=1S/C25H33FN4O3/c1-25(2,3)33-24(31)30-8-6-16(7-9-30)15-32-22-5-4-17(12-20(22)26)18-10-19(11-18)21-13-29-23(27)14-28-21/h4-5,12-14,16,18-19H,6-11,15H2,1-3H3,(H2,27,29). The van der Waals surface area contributed by atoms with Gasteiger partial charge in [0.15, 0.2) is 11.6 Å². The number of amides is 1. The molecule has 0 unspecified atom stereocenters. The Balaban J connectivity index is 1.23. The molecule has 2 aliphatic rings. The SMILES string of the molecule is CC(C)(C)OC(=O)N1CCC(COc2ccc(C3CC(c4cnc(N)cn4)C3)cc2F)CC1. The van der Waals surface area contributed by atoms with Gasteiger partial charge in [0, 0.05) is 19.0 Å². The smallest absolute Gasteiger partial charge is 0.410 e. The molecule has 0 atom stereocenters. The van der Waals surface area contributed by atoms with Crippen molar-refractivity contribution in [3.8, 4) is 5.75 Å². The van der Waals surface area contributed by atoms with Gasteiger partial charge in [-0.05, 0) is 76.0 Å². The van der Waals surface area contributed by atoms with Crippen molar-refractivity contribution >= 4 is 11.9 Å². The average Bonchev–Trinajstić information content (AvgIpc) is 2.72. The number of halogens is 1. The maximum absolute atomic E-state index is 14.7. The van der Waals surface area contributed by atoms with E-state index >= 15 is 0 Å². The van der Waals surface area contributed by atoms with Gasteiger partial charge < -0.3 is 20.1 Å². The summed E-state index contributed by atoms with van der Waals surface area (Å²) in [6, 6.07) is 5.28. The zero-order chi connectivity index (χ0) is 23.6. The molecular weight excluding hydrogens is 423 g/mol. The Hall–Kier alpha value is -2.90. The molecule has 8 heteroatoms. The second-order valence-corrected chi connectivity index (χ2v) is 10.1. The molecule has 7 nitrogen and oxygen atoms in total. The van der Waals surface area contributed by atoms with Crippen molar-refractivity contribution in [1.82, 2.24) is 14.9 Å². The first-order valence-corrected chi connectivity index (χ1v) is 11.7. The maximum atomic E-state index is 14.7. The highest BCUT2D eigenvalue weighted by atomic mass is 19.1. The van der Waals surface area contributed by atoms with Crippen LogP contribution in [0, 0.1) is 11.7 Å². The van der Waals surface area contributed by atoms with E-state index in [4.69, 9.17) is 15.2 Å². The zero-order valence-corrected chi connectivity index (χ0v) is 19.6. The lowest BCUT2D eigenvalue weighted by Crippen LogP contribution is -2.42. The summed E-state index contributed by atoms with van der Waals surface area (Å²) in [6.45, 7) is 7.30. The van der Waals surface area contributed by atoms with Gasteiger partial charge in [0.05, 0.1) is 24.7 Å². The molecule has 0 spiro atoms. The summed E-state index contributed by atoms with van der Waals surface area (Å²) in [5, 5.41) is 0. The largest absolute Gasteiger partial charge is 0.490 e. The third kappa shape index (κ3) is 5.92. The number of benzene rings is 1. The van der Waals surface area contributed by atoms with Crippen molar-refractivity contribution in [1.29, 1.82) is 0 Å². The van der Waals surface area contributed by atoms with Gasteiger partial charge in [0.1, 0.15) is 11.4 Å². The Kier molecular flexibility index (Phi) is 6.72. The predicted molar refractivity (Wildman–Crippen MR) is 124 cm³/mol. The number of likely N-dealkylation sites (tertiary alicyclic amines) is 1. The summed E-state index contributed by atoms with van der Waals surface area (Å²) < 4.78 is 25.9. The lowest BCUT2D eigenvalue weighted by atomic mass is 9.70. The maximum Gasteiger partial charge on any atom is 0.410 e.